The molecule has 0 aliphatic rings. The zero-order valence-electron chi connectivity index (χ0n) is 7.69. The van der Waals surface area contributed by atoms with Gasteiger partial charge in [-0.2, -0.15) is 0 Å². The minimum Gasteiger partial charge on any atom is -0.381 e. The zero-order chi connectivity index (χ0) is 10.8. The quantitative estimate of drug-likeness (QED) is 0.879. The van der Waals surface area contributed by atoms with Gasteiger partial charge in [0, 0.05) is 10.0 Å². The fourth-order valence-corrected chi connectivity index (χ4v) is 1.68. The summed E-state index contributed by atoms with van der Waals surface area (Å²) in [4.78, 5) is 0. The lowest BCUT2D eigenvalue weighted by atomic mass is 10.2. The molecule has 1 aromatic carbocycles. The van der Waals surface area contributed by atoms with Crippen LogP contribution in [0.3, 0.4) is 0 Å². The van der Waals surface area contributed by atoms with Gasteiger partial charge in [-0.05, 0) is 17.7 Å². The van der Waals surface area contributed by atoms with Crippen LogP contribution in [0.25, 0.3) is 0 Å². The molecule has 0 spiro atoms. The lowest BCUT2D eigenvalue weighted by Crippen LogP contribution is -2.01. The predicted octanol–water partition coefficient (Wildman–Crippen LogP) is 2.22. The van der Waals surface area contributed by atoms with Gasteiger partial charge in [-0.3, -0.25) is 0 Å². The minimum absolute atomic E-state index is 0.389. The van der Waals surface area contributed by atoms with E-state index in [1.807, 2.05) is 6.07 Å². The van der Waals surface area contributed by atoms with E-state index < -0.39 is 0 Å². The van der Waals surface area contributed by atoms with Crippen molar-refractivity contribution in [2.24, 2.45) is 0 Å². The van der Waals surface area contributed by atoms with Crippen LogP contribution in [0.2, 0.25) is 10.0 Å². The van der Waals surface area contributed by atoms with E-state index in [1.165, 1.54) is 0 Å². The van der Waals surface area contributed by atoms with Crippen molar-refractivity contribution in [2.75, 3.05) is 5.73 Å². The Kier molecular flexibility index (Phi) is 2.79. The molecule has 2 N–H and O–H groups in total. The molecule has 0 aliphatic carbocycles. The maximum absolute atomic E-state index is 6.01. The van der Waals surface area contributed by atoms with Gasteiger partial charge in [0.25, 0.3) is 0 Å². The van der Waals surface area contributed by atoms with Gasteiger partial charge in [0.05, 0.1) is 12.7 Å². The molecule has 0 saturated heterocycles. The zero-order valence-corrected chi connectivity index (χ0v) is 9.20. The third-order valence-corrected chi connectivity index (χ3v) is 2.49. The summed E-state index contributed by atoms with van der Waals surface area (Å²) in [5.41, 5.74) is 6.37. The fraction of sp³-hybridized carbons (Fsp3) is 0.111. The van der Waals surface area contributed by atoms with E-state index in [4.69, 9.17) is 28.9 Å². The van der Waals surface area contributed by atoms with E-state index in [9.17, 15) is 0 Å². The second-order valence-electron chi connectivity index (χ2n) is 3.08. The minimum atomic E-state index is 0.389. The average molecular weight is 243 g/mol. The number of halogens is 2. The largest absolute Gasteiger partial charge is 0.381 e. The SMILES string of the molecule is Nc1cn(Cc2ccc(Cl)cc2Cl)nn1. The van der Waals surface area contributed by atoms with E-state index in [-0.39, 0.29) is 0 Å². The highest BCUT2D eigenvalue weighted by Gasteiger charge is 2.03. The lowest BCUT2D eigenvalue weighted by molar-refractivity contribution is 0.650. The monoisotopic (exact) mass is 242 g/mol. The Morgan fingerprint density at radius 3 is 2.73 bits per heavy atom. The highest BCUT2D eigenvalue weighted by atomic mass is 35.5. The number of hydrogen-bond donors (Lipinski definition) is 1. The Morgan fingerprint density at radius 1 is 1.33 bits per heavy atom. The van der Waals surface area contributed by atoms with Crippen molar-refractivity contribution < 1.29 is 0 Å². The van der Waals surface area contributed by atoms with Gasteiger partial charge in [0.2, 0.25) is 0 Å². The lowest BCUT2D eigenvalue weighted by Gasteiger charge is -2.03. The molecular weight excluding hydrogens is 235 g/mol. The Morgan fingerprint density at radius 2 is 2.13 bits per heavy atom. The summed E-state index contributed by atoms with van der Waals surface area (Å²) in [6.45, 7) is 0.528. The molecule has 78 valence electrons. The topological polar surface area (TPSA) is 56.7 Å². The van der Waals surface area contributed by atoms with Crippen molar-refractivity contribution in [3.63, 3.8) is 0 Å². The number of nitrogens with two attached hydrogens (primary N) is 1. The molecular formula is C9H8Cl2N4. The van der Waals surface area contributed by atoms with Gasteiger partial charge >= 0.3 is 0 Å². The molecule has 15 heavy (non-hydrogen) atoms. The molecule has 0 fully saturated rings. The maximum Gasteiger partial charge on any atom is 0.165 e. The Bertz CT molecular complexity index is 481. The number of aromatic nitrogens is 3. The van der Waals surface area contributed by atoms with Crippen molar-refractivity contribution >= 4 is 29.0 Å². The molecule has 0 bridgehead atoms. The first-order valence-electron chi connectivity index (χ1n) is 4.24. The third-order valence-electron chi connectivity index (χ3n) is 1.90. The molecule has 0 aliphatic heterocycles. The highest BCUT2D eigenvalue weighted by Crippen LogP contribution is 2.21. The maximum atomic E-state index is 6.01. The second-order valence-corrected chi connectivity index (χ2v) is 3.92. The molecule has 1 aromatic heterocycles. The van der Waals surface area contributed by atoms with Crippen LogP contribution >= 0.6 is 23.2 Å². The van der Waals surface area contributed by atoms with Gasteiger partial charge < -0.3 is 5.73 Å². The van der Waals surface area contributed by atoms with Gasteiger partial charge in [-0.15, -0.1) is 5.10 Å². The van der Waals surface area contributed by atoms with E-state index in [1.54, 1.807) is 23.0 Å². The fourth-order valence-electron chi connectivity index (χ4n) is 1.22. The Labute approximate surface area is 96.6 Å². The normalized spacial score (nSPS) is 10.5. The van der Waals surface area contributed by atoms with Crippen LogP contribution in [0.5, 0.6) is 0 Å². The Balaban J connectivity index is 2.24. The molecule has 0 amide bonds. The summed E-state index contributed by atoms with van der Waals surface area (Å²) in [5.74, 6) is 0.389. The molecule has 4 nitrogen and oxygen atoms in total. The molecule has 6 heteroatoms. The first-order chi connectivity index (χ1) is 7.15. The van der Waals surface area contributed by atoms with Crippen LogP contribution in [0.1, 0.15) is 5.56 Å². The van der Waals surface area contributed by atoms with E-state index >= 15 is 0 Å². The van der Waals surface area contributed by atoms with Crippen LogP contribution in [0, 0.1) is 0 Å². The molecule has 2 rings (SSSR count). The van der Waals surface area contributed by atoms with Crippen molar-refractivity contribution in [1.29, 1.82) is 0 Å². The van der Waals surface area contributed by atoms with Gasteiger partial charge in [0.15, 0.2) is 5.82 Å². The van der Waals surface area contributed by atoms with Gasteiger partial charge in [-0.25, -0.2) is 4.68 Å². The first-order valence-corrected chi connectivity index (χ1v) is 5.00. The molecule has 0 atom stereocenters. The summed E-state index contributed by atoms with van der Waals surface area (Å²) >= 11 is 11.8. The van der Waals surface area contributed by atoms with E-state index in [0.717, 1.165) is 5.56 Å². The van der Waals surface area contributed by atoms with E-state index in [0.29, 0.717) is 22.4 Å². The van der Waals surface area contributed by atoms with Gasteiger partial charge in [-0.1, -0.05) is 34.5 Å². The molecule has 2 aromatic rings. The summed E-state index contributed by atoms with van der Waals surface area (Å²) in [7, 11) is 0. The average Bonchev–Trinajstić information content (AvgIpc) is 2.56. The van der Waals surface area contributed by atoms with Crippen molar-refractivity contribution in [3.05, 3.63) is 40.0 Å². The number of nitrogen functional groups attached to an aromatic ring is 1. The number of rotatable bonds is 2. The summed E-state index contributed by atoms with van der Waals surface area (Å²) in [6, 6.07) is 5.32. The smallest absolute Gasteiger partial charge is 0.165 e. The van der Waals surface area contributed by atoms with Crippen LogP contribution < -0.4 is 5.73 Å². The van der Waals surface area contributed by atoms with Crippen molar-refractivity contribution in [2.45, 2.75) is 6.54 Å². The number of hydrogen-bond acceptors (Lipinski definition) is 3. The first kappa shape index (κ1) is 10.3. The van der Waals surface area contributed by atoms with E-state index in [2.05, 4.69) is 10.3 Å². The van der Waals surface area contributed by atoms with Gasteiger partial charge in [0.1, 0.15) is 0 Å². The number of benzene rings is 1. The number of anilines is 1. The molecule has 0 saturated carbocycles. The summed E-state index contributed by atoms with van der Waals surface area (Å²) in [6.07, 6.45) is 1.64. The summed E-state index contributed by atoms with van der Waals surface area (Å²) in [5, 5.41) is 8.73. The standard InChI is InChI=1S/C9H8Cl2N4/c10-7-2-1-6(8(11)3-7)4-15-5-9(12)13-14-15/h1-3,5H,4,12H2. The van der Waals surface area contributed by atoms with Crippen molar-refractivity contribution in [1.82, 2.24) is 15.0 Å². The van der Waals surface area contributed by atoms with Crippen molar-refractivity contribution in [3.8, 4) is 0 Å². The Hall–Kier alpha value is -1.26. The van der Waals surface area contributed by atoms with Crippen LogP contribution in [-0.2, 0) is 6.54 Å². The number of nitrogens with zero attached hydrogens (tertiary/aromatic N) is 3. The molecule has 0 unspecified atom stereocenters. The van der Waals surface area contributed by atoms with Crippen LogP contribution in [-0.4, -0.2) is 15.0 Å². The third kappa shape index (κ3) is 2.40. The van der Waals surface area contributed by atoms with Crippen LogP contribution in [0.4, 0.5) is 5.82 Å². The molecule has 0 radical (unpaired) electrons. The predicted molar refractivity (Wildman–Crippen MR) is 60.0 cm³/mol. The summed E-state index contributed by atoms with van der Waals surface area (Å²) < 4.78 is 1.62. The highest BCUT2D eigenvalue weighted by molar-refractivity contribution is 6.35. The molecule has 1 heterocycles. The van der Waals surface area contributed by atoms with Crippen LogP contribution in [0.15, 0.2) is 24.4 Å². The second kappa shape index (κ2) is 4.08.